The molecular weight excluding hydrogens is 194 g/mol. The third kappa shape index (κ3) is 3.55. The van der Waals surface area contributed by atoms with Crippen molar-refractivity contribution in [3.8, 4) is 0 Å². The highest BCUT2D eigenvalue weighted by molar-refractivity contribution is 5.22. The molecule has 0 aromatic rings. The number of nitrogens with one attached hydrogen (secondary N) is 1. The Hall–Kier alpha value is -0.980. The minimum absolute atomic E-state index is 0.755. The van der Waals surface area contributed by atoms with Gasteiger partial charge in [0.15, 0.2) is 0 Å². The fourth-order valence-electron chi connectivity index (χ4n) is 2.67. The fourth-order valence-corrected chi connectivity index (χ4v) is 2.67. The summed E-state index contributed by atoms with van der Waals surface area (Å²) in [6.07, 6.45) is 21.9. The normalized spacial score (nSPS) is 23.6. The van der Waals surface area contributed by atoms with Gasteiger partial charge in [0.1, 0.15) is 0 Å². The van der Waals surface area contributed by atoms with E-state index in [4.69, 9.17) is 0 Å². The average molecular weight is 217 g/mol. The van der Waals surface area contributed by atoms with Crippen LogP contribution in [-0.2, 0) is 0 Å². The van der Waals surface area contributed by atoms with Crippen LogP contribution in [-0.4, -0.2) is 0 Å². The molecule has 0 bridgehead atoms. The van der Waals surface area contributed by atoms with Crippen LogP contribution in [0.1, 0.15) is 51.4 Å². The average Bonchev–Trinajstić information content (AvgIpc) is 2.49. The van der Waals surface area contributed by atoms with Crippen LogP contribution in [0.2, 0.25) is 0 Å². The first-order valence-electron chi connectivity index (χ1n) is 6.77. The van der Waals surface area contributed by atoms with Crippen molar-refractivity contribution in [2.45, 2.75) is 51.4 Å². The van der Waals surface area contributed by atoms with Crippen LogP contribution in [0, 0.1) is 5.92 Å². The summed E-state index contributed by atoms with van der Waals surface area (Å²) in [6.45, 7) is 0. The molecule has 0 spiro atoms. The minimum Gasteiger partial charge on any atom is -0.365 e. The second kappa shape index (κ2) is 6.57. The van der Waals surface area contributed by atoms with Gasteiger partial charge in [-0.25, -0.2) is 0 Å². The van der Waals surface area contributed by atoms with Crippen molar-refractivity contribution in [3.05, 3.63) is 36.2 Å². The Kier molecular flexibility index (Phi) is 4.72. The first-order valence-corrected chi connectivity index (χ1v) is 6.77. The predicted molar refractivity (Wildman–Crippen MR) is 69.9 cm³/mol. The summed E-state index contributed by atoms with van der Waals surface area (Å²) in [5.41, 5.74) is 1.42. The van der Waals surface area contributed by atoms with Gasteiger partial charge >= 0.3 is 0 Å². The van der Waals surface area contributed by atoms with E-state index < -0.39 is 0 Å². The lowest BCUT2D eigenvalue weighted by Gasteiger charge is -2.19. The molecule has 88 valence electrons. The molecule has 0 atom stereocenters. The quantitative estimate of drug-likeness (QED) is 0.690. The Labute approximate surface area is 99.3 Å². The smallest absolute Gasteiger partial charge is 0.0178 e. The lowest BCUT2D eigenvalue weighted by Crippen LogP contribution is -2.15. The summed E-state index contributed by atoms with van der Waals surface area (Å²) in [5, 5.41) is 3.44. The molecule has 0 radical (unpaired) electrons. The SMILES string of the molecule is C1=CC=C(C2CCCCCCCC2)NC=C1. The first kappa shape index (κ1) is 11.5. The number of hydrogen-bond donors (Lipinski definition) is 1. The maximum Gasteiger partial charge on any atom is 0.0178 e. The van der Waals surface area contributed by atoms with E-state index in [9.17, 15) is 0 Å². The fraction of sp³-hybridized carbons (Fsp3) is 0.600. The Morgan fingerprint density at radius 1 is 0.812 bits per heavy atom. The zero-order valence-electron chi connectivity index (χ0n) is 10.1. The van der Waals surface area contributed by atoms with Gasteiger partial charge in [-0.3, -0.25) is 0 Å². The van der Waals surface area contributed by atoms with Crippen LogP contribution in [0.25, 0.3) is 0 Å². The van der Waals surface area contributed by atoms with Crippen LogP contribution in [0.5, 0.6) is 0 Å². The highest BCUT2D eigenvalue weighted by Gasteiger charge is 2.14. The lowest BCUT2D eigenvalue weighted by atomic mass is 9.93. The maximum absolute atomic E-state index is 3.44. The number of allylic oxidation sites excluding steroid dienone is 5. The number of rotatable bonds is 1. The molecular formula is C15H23N. The summed E-state index contributed by atoms with van der Waals surface area (Å²) in [5.74, 6) is 0.755. The molecule has 1 N–H and O–H groups in total. The van der Waals surface area contributed by atoms with Crippen molar-refractivity contribution in [1.82, 2.24) is 5.32 Å². The summed E-state index contributed by atoms with van der Waals surface area (Å²) in [6, 6.07) is 0. The lowest BCUT2D eigenvalue weighted by molar-refractivity contribution is 0.471. The van der Waals surface area contributed by atoms with Crippen molar-refractivity contribution in [1.29, 1.82) is 0 Å². The van der Waals surface area contributed by atoms with Gasteiger partial charge in [-0.1, -0.05) is 50.7 Å². The highest BCUT2D eigenvalue weighted by Crippen LogP contribution is 2.26. The molecule has 0 saturated heterocycles. The summed E-state index contributed by atoms with van der Waals surface area (Å²) < 4.78 is 0. The van der Waals surface area contributed by atoms with Crippen molar-refractivity contribution in [3.63, 3.8) is 0 Å². The maximum atomic E-state index is 3.44. The van der Waals surface area contributed by atoms with Crippen molar-refractivity contribution in [2.24, 2.45) is 5.92 Å². The zero-order valence-corrected chi connectivity index (χ0v) is 10.1. The van der Waals surface area contributed by atoms with E-state index in [2.05, 4.69) is 35.8 Å². The van der Waals surface area contributed by atoms with E-state index in [-0.39, 0.29) is 0 Å². The van der Waals surface area contributed by atoms with E-state index >= 15 is 0 Å². The van der Waals surface area contributed by atoms with Gasteiger partial charge in [0.2, 0.25) is 0 Å². The second-order valence-corrected chi connectivity index (χ2v) is 4.91. The third-order valence-electron chi connectivity index (χ3n) is 3.64. The van der Waals surface area contributed by atoms with Crippen LogP contribution in [0.3, 0.4) is 0 Å². The van der Waals surface area contributed by atoms with Gasteiger partial charge in [-0.15, -0.1) is 0 Å². The molecule has 1 fully saturated rings. The van der Waals surface area contributed by atoms with Crippen molar-refractivity contribution in [2.75, 3.05) is 0 Å². The standard InChI is InChI=1S/C15H23N/c1-2-4-7-11-14(10-6-3-1)15-12-8-5-9-13-16-15/h5,8-9,12-14,16H,1-4,6-7,10-11H2. The van der Waals surface area contributed by atoms with E-state index in [0.717, 1.165) is 5.92 Å². The van der Waals surface area contributed by atoms with Gasteiger partial charge in [-0.2, -0.15) is 0 Å². The highest BCUT2D eigenvalue weighted by atomic mass is 14.9. The van der Waals surface area contributed by atoms with Crippen LogP contribution < -0.4 is 5.32 Å². The molecule has 16 heavy (non-hydrogen) atoms. The topological polar surface area (TPSA) is 12.0 Å². The van der Waals surface area contributed by atoms with E-state index in [1.54, 1.807) is 0 Å². The van der Waals surface area contributed by atoms with Gasteiger partial charge in [0.05, 0.1) is 0 Å². The van der Waals surface area contributed by atoms with Gasteiger partial charge < -0.3 is 5.32 Å². The molecule has 1 aliphatic carbocycles. The Morgan fingerprint density at radius 2 is 1.50 bits per heavy atom. The molecule has 0 aromatic carbocycles. The van der Waals surface area contributed by atoms with Crippen molar-refractivity contribution >= 4 is 0 Å². The zero-order chi connectivity index (χ0) is 11.1. The summed E-state index contributed by atoms with van der Waals surface area (Å²) in [7, 11) is 0. The van der Waals surface area contributed by atoms with Gasteiger partial charge in [-0.05, 0) is 30.9 Å². The molecule has 1 heterocycles. The largest absolute Gasteiger partial charge is 0.365 e. The third-order valence-corrected chi connectivity index (χ3v) is 3.64. The van der Waals surface area contributed by atoms with Crippen LogP contribution in [0.4, 0.5) is 0 Å². The summed E-state index contributed by atoms with van der Waals surface area (Å²) in [4.78, 5) is 0. The molecule has 1 saturated carbocycles. The second-order valence-electron chi connectivity index (χ2n) is 4.91. The van der Waals surface area contributed by atoms with Crippen LogP contribution in [0.15, 0.2) is 36.2 Å². The molecule has 1 aliphatic heterocycles. The molecule has 0 aromatic heterocycles. The molecule has 0 unspecified atom stereocenters. The predicted octanol–water partition coefficient (Wildman–Crippen LogP) is 4.29. The van der Waals surface area contributed by atoms with Gasteiger partial charge in [0, 0.05) is 11.9 Å². The number of hydrogen-bond acceptors (Lipinski definition) is 1. The Bertz CT molecular complexity index is 276. The molecule has 0 amide bonds. The minimum atomic E-state index is 0.755. The molecule has 2 rings (SSSR count). The Morgan fingerprint density at radius 3 is 2.25 bits per heavy atom. The monoisotopic (exact) mass is 217 g/mol. The van der Waals surface area contributed by atoms with E-state index in [1.807, 2.05) is 0 Å². The molecule has 2 aliphatic rings. The molecule has 1 heteroatoms. The van der Waals surface area contributed by atoms with Crippen LogP contribution >= 0.6 is 0 Å². The van der Waals surface area contributed by atoms with E-state index in [1.165, 1.54) is 57.1 Å². The van der Waals surface area contributed by atoms with Crippen molar-refractivity contribution < 1.29 is 0 Å². The molecule has 1 nitrogen and oxygen atoms in total. The Balaban J connectivity index is 1.96. The van der Waals surface area contributed by atoms with E-state index in [0.29, 0.717) is 0 Å². The van der Waals surface area contributed by atoms with Gasteiger partial charge in [0.25, 0.3) is 0 Å². The first-order chi connectivity index (χ1) is 7.97. The summed E-state index contributed by atoms with van der Waals surface area (Å²) >= 11 is 0.